The Morgan fingerprint density at radius 1 is 1.00 bits per heavy atom. The zero-order valence-corrected chi connectivity index (χ0v) is 27.2. The molecule has 0 aliphatic carbocycles. The molecule has 1 heterocycles. The second kappa shape index (κ2) is 13.0. The number of benzene rings is 4. The maximum atomic E-state index is 13.5. The first-order chi connectivity index (χ1) is 20.7. The Kier molecular flexibility index (Phi) is 9.19. The topological polar surface area (TPSA) is 96.0 Å². The van der Waals surface area contributed by atoms with Crippen LogP contribution in [0.1, 0.15) is 26.4 Å². The molecule has 8 nitrogen and oxygen atoms in total. The van der Waals surface area contributed by atoms with Gasteiger partial charge in [-0.05, 0) is 76.6 Å². The van der Waals surface area contributed by atoms with E-state index in [1.807, 2.05) is 55.4 Å². The van der Waals surface area contributed by atoms with Gasteiger partial charge in [0, 0.05) is 56.9 Å². The number of hydrazone groups is 1. The largest absolute Gasteiger partial charge is 0.497 e. The number of aromatic nitrogens is 1. The number of fused-ring (bicyclic) bond motifs is 1. The number of esters is 1. The summed E-state index contributed by atoms with van der Waals surface area (Å²) in [5.41, 5.74) is 6.82. The summed E-state index contributed by atoms with van der Waals surface area (Å²) in [5.74, 6) is -0.181. The van der Waals surface area contributed by atoms with Crippen molar-refractivity contribution in [3.63, 3.8) is 0 Å². The van der Waals surface area contributed by atoms with Gasteiger partial charge in [-0.2, -0.15) is 5.10 Å². The molecule has 0 saturated heterocycles. The van der Waals surface area contributed by atoms with Crippen molar-refractivity contribution in [2.75, 3.05) is 26.1 Å². The summed E-state index contributed by atoms with van der Waals surface area (Å²) < 4.78 is 12.1. The molecule has 0 radical (unpaired) electrons. The van der Waals surface area contributed by atoms with Crippen molar-refractivity contribution in [2.24, 2.45) is 5.10 Å². The highest BCUT2D eigenvalue weighted by molar-refractivity contribution is 9.11. The Bertz CT molecular complexity index is 1870. The smallest absolute Gasteiger partial charge is 0.343 e. The highest BCUT2D eigenvalue weighted by Gasteiger charge is 2.22. The number of hydrogen-bond donors (Lipinski definition) is 2. The fourth-order valence-electron chi connectivity index (χ4n) is 4.45. The normalized spacial score (nSPS) is 11.1. The third kappa shape index (κ3) is 6.61. The van der Waals surface area contributed by atoms with Gasteiger partial charge < -0.3 is 19.4 Å². The van der Waals surface area contributed by atoms with Crippen LogP contribution in [-0.2, 0) is 0 Å². The van der Waals surface area contributed by atoms with E-state index >= 15 is 0 Å². The fourth-order valence-corrected chi connectivity index (χ4v) is 6.02. The van der Waals surface area contributed by atoms with E-state index in [-0.39, 0.29) is 5.75 Å². The number of anilines is 1. The number of H-pyrrole nitrogens is 1. The summed E-state index contributed by atoms with van der Waals surface area (Å²) in [4.78, 5) is 31.7. The van der Waals surface area contributed by atoms with E-state index in [1.54, 1.807) is 49.6 Å². The lowest BCUT2D eigenvalue weighted by atomic mass is 10.0. The minimum atomic E-state index is -0.566. The summed E-state index contributed by atoms with van der Waals surface area (Å²) >= 11 is 13.5. The van der Waals surface area contributed by atoms with E-state index < -0.39 is 11.9 Å². The monoisotopic (exact) mass is 722 g/mol. The molecule has 0 spiro atoms. The Morgan fingerprint density at radius 3 is 2.44 bits per heavy atom. The van der Waals surface area contributed by atoms with E-state index in [4.69, 9.17) is 21.1 Å². The molecule has 0 fully saturated rings. The van der Waals surface area contributed by atoms with Crippen molar-refractivity contribution < 1.29 is 19.1 Å². The van der Waals surface area contributed by atoms with Crippen LogP contribution in [0.4, 0.5) is 5.69 Å². The Morgan fingerprint density at radius 2 is 1.74 bits per heavy atom. The number of rotatable bonds is 8. The molecule has 11 heteroatoms. The van der Waals surface area contributed by atoms with Gasteiger partial charge in [0.15, 0.2) is 5.75 Å². The Hall–Kier alpha value is -4.12. The number of amides is 1. The molecule has 5 aromatic rings. The number of hydrogen-bond acceptors (Lipinski definition) is 6. The number of halogens is 3. The minimum Gasteiger partial charge on any atom is -0.497 e. The molecule has 0 saturated carbocycles. The highest BCUT2D eigenvalue weighted by atomic mass is 79.9. The second-order valence-corrected chi connectivity index (χ2v) is 11.8. The summed E-state index contributed by atoms with van der Waals surface area (Å²) in [6, 6.07) is 23.3. The number of nitrogens with zero attached hydrogens (tertiary/aromatic N) is 2. The maximum absolute atomic E-state index is 13.5. The van der Waals surface area contributed by atoms with Gasteiger partial charge in [0.05, 0.1) is 23.4 Å². The molecule has 5 rings (SSSR count). The van der Waals surface area contributed by atoms with Gasteiger partial charge >= 0.3 is 5.97 Å². The predicted octanol–water partition coefficient (Wildman–Crippen LogP) is 8.07. The third-order valence-electron chi connectivity index (χ3n) is 6.60. The summed E-state index contributed by atoms with van der Waals surface area (Å²) in [6.45, 7) is 0. The molecule has 4 aromatic carbocycles. The SMILES string of the molecule is COc1ccc(C(=O)Oc2c(Br)cc(Br)cc2C=NNC(=O)c2[nH]c3ccc(N(C)C)cc3c2-c2ccccc2Cl)cc1. The number of carbonyl (C=O) groups excluding carboxylic acids is 2. The van der Waals surface area contributed by atoms with Crippen molar-refractivity contribution in [3.8, 4) is 22.6 Å². The summed E-state index contributed by atoms with van der Waals surface area (Å²) in [5, 5.41) is 5.56. The van der Waals surface area contributed by atoms with Crippen LogP contribution in [0.15, 0.2) is 92.9 Å². The lowest BCUT2D eigenvalue weighted by molar-refractivity contribution is 0.0732. The number of ether oxygens (including phenoxy) is 2. The fraction of sp³-hybridized carbons (Fsp3) is 0.0938. The molecule has 0 atom stereocenters. The number of nitrogens with one attached hydrogen (secondary N) is 2. The van der Waals surface area contributed by atoms with Crippen LogP contribution in [0.25, 0.3) is 22.0 Å². The maximum Gasteiger partial charge on any atom is 0.343 e. The van der Waals surface area contributed by atoms with Crippen molar-refractivity contribution in [1.82, 2.24) is 10.4 Å². The standard InChI is InChI=1S/C32H25Br2ClN4O4/c1-39(2)21-10-13-27-24(16-21)28(23-6-4-5-7-26(23)35)29(37-27)31(40)38-36-17-19-14-20(33)15-25(34)30(19)43-32(41)18-8-11-22(42-3)12-9-18/h4-17,37H,1-3H3,(H,38,40). The number of aromatic amines is 1. The van der Waals surface area contributed by atoms with Crippen molar-refractivity contribution in [3.05, 3.63) is 110 Å². The first-order valence-corrected chi connectivity index (χ1v) is 14.9. The first-order valence-electron chi connectivity index (χ1n) is 12.9. The molecule has 218 valence electrons. The van der Waals surface area contributed by atoms with Crippen LogP contribution in [0.2, 0.25) is 5.02 Å². The number of methoxy groups -OCH3 is 1. The summed E-state index contributed by atoms with van der Waals surface area (Å²) in [6.07, 6.45) is 1.41. The van der Waals surface area contributed by atoms with Crippen LogP contribution in [-0.4, -0.2) is 44.3 Å². The van der Waals surface area contributed by atoms with E-state index in [0.29, 0.717) is 47.7 Å². The average molecular weight is 725 g/mol. The molecule has 2 N–H and O–H groups in total. The second-order valence-electron chi connectivity index (χ2n) is 9.60. The number of carbonyl (C=O) groups is 2. The van der Waals surface area contributed by atoms with Gasteiger partial charge in [0.1, 0.15) is 11.4 Å². The first kappa shape index (κ1) is 30.3. The van der Waals surface area contributed by atoms with E-state index in [9.17, 15) is 9.59 Å². The molecule has 1 aromatic heterocycles. The van der Waals surface area contributed by atoms with Gasteiger partial charge in [-0.1, -0.05) is 45.7 Å². The van der Waals surface area contributed by atoms with Gasteiger partial charge in [-0.3, -0.25) is 4.79 Å². The Balaban J connectivity index is 1.46. The highest BCUT2D eigenvalue weighted by Crippen LogP contribution is 2.38. The van der Waals surface area contributed by atoms with Gasteiger partial charge in [0.25, 0.3) is 5.91 Å². The van der Waals surface area contributed by atoms with Crippen LogP contribution in [0.5, 0.6) is 11.5 Å². The van der Waals surface area contributed by atoms with E-state index in [2.05, 4.69) is 47.4 Å². The zero-order valence-electron chi connectivity index (χ0n) is 23.2. The Labute approximate surface area is 269 Å². The minimum absolute atomic E-state index is 0.237. The molecule has 1 amide bonds. The van der Waals surface area contributed by atoms with E-state index in [0.717, 1.165) is 16.6 Å². The third-order valence-corrected chi connectivity index (χ3v) is 7.97. The van der Waals surface area contributed by atoms with Crippen LogP contribution in [0, 0.1) is 0 Å². The van der Waals surface area contributed by atoms with Crippen LogP contribution in [0.3, 0.4) is 0 Å². The van der Waals surface area contributed by atoms with Crippen LogP contribution >= 0.6 is 43.5 Å². The molecular formula is C32H25Br2ClN4O4. The molecular weight excluding hydrogens is 700 g/mol. The van der Waals surface area contributed by atoms with Crippen LogP contribution < -0.4 is 19.8 Å². The average Bonchev–Trinajstić information content (AvgIpc) is 3.37. The molecule has 0 aliphatic heterocycles. The van der Waals surface area contributed by atoms with Crippen molar-refractivity contribution in [2.45, 2.75) is 0 Å². The van der Waals surface area contributed by atoms with Gasteiger partial charge in [0.2, 0.25) is 0 Å². The zero-order chi connectivity index (χ0) is 30.7. The lowest BCUT2D eigenvalue weighted by Gasteiger charge is -2.13. The van der Waals surface area contributed by atoms with E-state index in [1.165, 1.54) is 6.21 Å². The molecule has 0 bridgehead atoms. The molecule has 0 unspecified atom stereocenters. The quantitative estimate of drug-likeness (QED) is 0.0731. The lowest BCUT2D eigenvalue weighted by Crippen LogP contribution is -2.19. The van der Waals surface area contributed by atoms with Gasteiger partial charge in [-0.15, -0.1) is 0 Å². The summed E-state index contributed by atoms with van der Waals surface area (Å²) in [7, 11) is 5.45. The van der Waals surface area contributed by atoms with Crippen molar-refractivity contribution in [1.29, 1.82) is 0 Å². The molecule has 0 aliphatic rings. The van der Waals surface area contributed by atoms with Crippen molar-refractivity contribution >= 4 is 78.1 Å². The predicted molar refractivity (Wildman–Crippen MR) is 178 cm³/mol. The van der Waals surface area contributed by atoms with Gasteiger partial charge in [-0.25, -0.2) is 10.2 Å². The molecule has 43 heavy (non-hydrogen) atoms.